The van der Waals surface area contributed by atoms with Crippen LogP contribution in [0.4, 0.5) is 10.3 Å². The van der Waals surface area contributed by atoms with Crippen molar-refractivity contribution in [3.05, 3.63) is 23.0 Å². The van der Waals surface area contributed by atoms with E-state index in [1.807, 2.05) is 0 Å². The van der Waals surface area contributed by atoms with Gasteiger partial charge in [0.25, 0.3) is 0 Å². The molecule has 2 N–H and O–H groups in total. The van der Waals surface area contributed by atoms with E-state index in [0.29, 0.717) is 24.0 Å². The minimum absolute atomic E-state index is 0.00871. The quantitative estimate of drug-likeness (QED) is 0.917. The fourth-order valence-corrected chi connectivity index (χ4v) is 4.61. The van der Waals surface area contributed by atoms with Gasteiger partial charge in [-0.25, -0.2) is 17.8 Å². The van der Waals surface area contributed by atoms with Gasteiger partial charge in [0.2, 0.25) is 5.95 Å². The Labute approximate surface area is 120 Å². The fraction of sp³-hybridized carbons (Fsp3) is 0.417. The molecule has 5 nitrogen and oxygen atoms in total. The van der Waals surface area contributed by atoms with Crippen LogP contribution in [-0.4, -0.2) is 29.5 Å². The van der Waals surface area contributed by atoms with Crippen LogP contribution in [0.1, 0.15) is 6.42 Å². The Morgan fingerprint density at radius 3 is 2.90 bits per heavy atom. The van der Waals surface area contributed by atoms with E-state index in [0.717, 1.165) is 0 Å². The monoisotopic (exact) mass is 317 g/mol. The molecule has 20 heavy (non-hydrogen) atoms. The zero-order valence-electron chi connectivity index (χ0n) is 10.5. The van der Waals surface area contributed by atoms with Gasteiger partial charge in [0.15, 0.2) is 9.84 Å². The Balaban J connectivity index is 1.99. The van der Waals surface area contributed by atoms with Crippen LogP contribution < -0.4 is 5.73 Å². The van der Waals surface area contributed by atoms with Crippen molar-refractivity contribution in [2.45, 2.75) is 13.0 Å². The van der Waals surface area contributed by atoms with Crippen LogP contribution in [0.5, 0.6) is 0 Å². The molecule has 0 amide bonds. The highest BCUT2D eigenvalue weighted by molar-refractivity contribution is 7.91. The van der Waals surface area contributed by atoms with E-state index in [4.69, 9.17) is 17.3 Å². The van der Waals surface area contributed by atoms with Gasteiger partial charge in [0.05, 0.1) is 27.6 Å². The van der Waals surface area contributed by atoms with Crippen molar-refractivity contribution in [2.24, 2.45) is 5.92 Å². The van der Waals surface area contributed by atoms with Crippen LogP contribution in [-0.2, 0) is 16.4 Å². The molecule has 1 aromatic heterocycles. The summed E-state index contributed by atoms with van der Waals surface area (Å²) in [6, 6.07) is 2.70. The standard InChI is InChI=1S/C12H13ClFN3O2S/c13-8-3-10-11(4-9(8)14)17(12(15)16-10)5-7-1-2-20(18,19)6-7/h3-4,7H,1-2,5-6H2,(H2,15,16). The van der Waals surface area contributed by atoms with Crippen molar-refractivity contribution in [3.8, 4) is 0 Å². The molecule has 1 aliphatic heterocycles. The average Bonchev–Trinajstić information content (AvgIpc) is 2.83. The Kier molecular flexibility index (Phi) is 3.13. The normalized spacial score (nSPS) is 21.6. The number of hydrogen-bond acceptors (Lipinski definition) is 4. The average molecular weight is 318 g/mol. The van der Waals surface area contributed by atoms with E-state index in [1.165, 1.54) is 12.1 Å². The van der Waals surface area contributed by atoms with E-state index in [9.17, 15) is 12.8 Å². The summed E-state index contributed by atoms with van der Waals surface area (Å²) in [7, 11) is -2.95. The minimum Gasteiger partial charge on any atom is -0.369 e. The van der Waals surface area contributed by atoms with Crippen LogP contribution in [0, 0.1) is 11.7 Å². The highest BCUT2D eigenvalue weighted by Gasteiger charge is 2.29. The minimum atomic E-state index is -2.95. The first kappa shape index (κ1) is 13.6. The molecule has 0 bridgehead atoms. The van der Waals surface area contributed by atoms with Crippen molar-refractivity contribution in [1.29, 1.82) is 0 Å². The first-order valence-corrected chi connectivity index (χ1v) is 8.37. The molecule has 1 saturated heterocycles. The number of sulfone groups is 1. The predicted molar refractivity (Wildman–Crippen MR) is 75.9 cm³/mol. The van der Waals surface area contributed by atoms with Crippen molar-refractivity contribution in [1.82, 2.24) is 9.55 Å². The van der Waals surface area contributed by atoms with Crippen LogP contribution in [0.25, 0.3) is 11.0 Å². The summed E-state index contributed by atoms with van der Waals surface area (Å²) in [5.74, 6) is 0.0239. The first-order chi connectivity index (χ1) is 9.35. The second-order valence-electron chi connectivity index (χ2n) is 5.10. The van der Waals surface area contributed by atoms with Crippen molar-refractivity contribution in [2.75, 3.05) is 17.2 Å². The maximum atomic E-state index is 13.6. The number of nitrogens with zero attached hydrogens (tertiary/aromatic N) is 2. The Bertz CT molecular complexity index is 788. The van der Waals surface area contributed by atoms with Gasteiger partial charge in [-0.3, -0.25) is 0 Å². The molecule has 0 radical (unpaired) electrons. The zero-order chi connectivity index (χ0) is 14.5. The van der Waals surface area contributed by atoms with Crippen LogP contribution in [0.15, 0.2) is 12.1 Å². The summed E-state index contributed by atoms with van der Waals surface area (Å²) < 4.78 is 38.2. The third kappa shape index (κ3) is 2.35. The van der Waals surface area contributed by atoms with E-state index in [1.54, 1.807) is 4.57 Å². The molecule has 1 aromatic carbocycles. The lowest BCUT2D eigenvalue weighted by molar-refractivity contribution is 0.502. The number of anilines is 1. The number of nitrogen functional groups attached to an aromatic ring is 1. The number of halogens is 2. The number of aromatic nitrogens is 2. The molecule has 8 heteroatoms. The largest absolute Gasteiger partial charge is 0.369 e. The molecule has 108 valence electrons. The Hall–Kier alpha value is -1.34. The molecular weight excluding hydrogens is 305 g/mol. The lowest BCUT2D eigenvalue weighted by Gasteiger charge is -2.11. The smallest absolute Gasteiger partial charge is 0.201 e. The zero-order valence-corrected chi connectivity index (χ0v) is 12.1. The summed E-state index contributed by atoms with van der Waals surface area (Å²) in [5, 5.41) is -0.00871. The lowest BCUT2D eigenvalue weighted by Crippen LogP contribution is -2.14. The lowest BCUT2D eigenvalue weighted by atomic mass is 10.1. The van der Waals surface area contributed by atoms with Gasteiger partial charge in [-0.15, -0.1) is 0 Å². The highest BCUT2D eigenvalue weighted by atomic mass is 35.5. The highest BCUT2D eigenvalue weighted by Crippen LogP contribution is 2.27. The number of hydrogen-bond donors (Lipinski definition) is 1. The summed E-state index contributed by atoms with van der Waals surface area (Å²) in [6.45, 7) is 0.419. The molecule has 2 aromatic rings. The molecule has 0 saturated carbocycles. The molecule has 3 rings (SSSR count). The predicted octanol–water partition coefficient (Wildman–Crippen LogP) is 1.85. The maximum Gasteiger partial charge on any atom is 0.201 e. The molecule has 0 aliphatic carbocycles. The first-order valence-electron chi connectivity index (χ1n) is 6.17. The van der Waals surface area contributed by atoms with Crippen molar-refractivity contribution >= 4 is 38.4 Å². The van der Waals surface area contributed by atoms with E-state index < -0.39 is 15.7 Å². The fourth-order valence-electron chi connectivity index (χ4n) is 2.60. The van der Waals surface area contributed by atoms with Gasteiger partial charge in [-0.05, 0) is 18.4 Å². The van der Waals surface area contributed by atoms with E-state index in [-0.39, 0.29) is 28.4 Å². The molecular formula is C12H13ClFN3O2S. The van der Waals surface area contributed by atoms with Crippen LogP contribution in [0.2, 0.25) is 5.02 Å². The number of fused-ring (bicyclic) bond motifs is 1. The molecule has 1 aliphatic rings. The van der Waals surface area contributed by atoms with Crippen LogP contribution in [0.3, 0.4) is 0 Å². The number of benzene rings is 1. The molecule has 0 spiro atoms. The Morgan fingerprint density at radius 1 is 1.50 bits per heavy atom. The van der Waals surface area contributed by atoms with E-state index in [2.05, 4.69) is 4.98 Å². The number of imidazole rings is 1. The topological polar surface area (TPSA) is 78.0 Å². The summed E-state index contributed by atoms with van der Waals surface area (Å²) in [6.07, 6.45) is 0.595. The number of rotatable bonds is 2. The van der Waals surface area contributed by atoms with Gasteiger partial charge in [-0.1, -0.05) is 11.6 Å². The van der Waals surface area contributed by atoms with Crippen LogP contribution >= 0.6 is 11.6 Å². The summed E-state index contributed by atoms with van der Waals surface area (Å²) >= 11 is 5.71. The maximum absolute atomic E-state index is 13.6. The molecule has 2 heterocycles. The SMILES string of the molecule is Nc1nc2cc(Cl)c(F)cc2n1CC1CCS(=O)(=O)C1. The van der Waals surface area contributed by atoms with Crippen molar-refractivity contribution < 1.29 is 12.8 Å². The van der Waals surface area contributed by atoms with E-state index >= 15 is 0 Å². The molecule has 1 atom stereocenters. The summed E-state index contributed by atoms with van der Waals surface area (Å²) in [5.41, 5.74) is 6.88. The van der Waals surface area contributed by atoms with Gasteiger partial charge >= 0.3 is 0 Å². The van der Waals surface area contributed by atoms with Gasteiger partial charge in [-0.2, -0.15) is 0 Å². The van der Waals surface area contributed by atoms with Gasteiger partial charge in [0.1, 0.15) is 5.82 Å². The van der Waals surface area contributed by atoms with Gasteiger partial charge < -0.3 is 10.3 Å². The molecule has 1 fully saturated rings. The molecule has 1 unspecified atom stereocenters. The third-order valence-corrected chi connectivity index (χ3v) is 5.71. The van der Waals surface area contributed by atoms with Crippen molar-refractivity contribution in [3.63, 3.8) is 0 Å². The number of nitrogens with two attached hydrogens (primary N) is 1. The second-order valence-corrected chi connectivity index (χ2v) is 7.74. The van der Waals surface area contributed by atoms with Gasteiger partial charge in [0, 0.05) is 12.6 Å². The third-order valence-electron chi connectivity index (χ3n) is 3.59. The second kappa shape index (κ2) is 4.60. The summed E-state index contributed by atoms with van der Waals surface area (Å²) in [4.78, 5) is 4.13. The Morgan fingerprint density at radius 2 is 2.25 bits per heavy atom.